The van der Waals surface area contributed by atoms with E-state index in [4.69, 9.17) is 5.73 Å². The van der Waals surface area contributed by atoms with Crippen LogP contribution < -0.4 is 5.73 Å². The summed E-state index contributed by atoms with van der Waals surface area (Å²) in [4.78, 5) is 5.17. The summed E-state index contributed by atoms with van der Waals surface area (Å²) in [6.45, 7) is 11.2. The van der Waals surface area contributed by atoms with Crippen LogP contribution in [0.15, 0.2) is 0 Å². The van der Waals surface area contributed by atoms with Gasteiger partial charge in [0.25, 0.3) is 0 Å². The topological polar surface area (TPSA) is 32.5 Å². The van der Waals surface area contributed by atoms with E-state index in [2.05, 4.69) is 37.6 Å². The Kier molecular flexibility index (Phi) is 5.90. The first-order chi connectivity index (χ1) is 8.13. The highest BCUT2D eigenvalue weighted by atomic mass is 15.3. The molecular weight excluding hydrogens is 210 g/mol. The molecule has 102 valence electrons. The van der Waals surface area contributed by atoms with Gasteiger partial charge in [-0.2, -0.15) is 0 Å². The first-order valence-corrected chi connectivity index (χ1v) is 7.28. The molecule has 2 atom stereocenters. The molecule has 0 saturated carbocycles. The zero-order valence-electron chi connectivity index (χ0n) is 12.2. The quantitative estimate of drug-likeness (QED) is 0.771. The second-order valence-corrected chi connectivity index (χ2v) is 5.52. The van der Waals surface area contributed by atoms with Crippen LogP contribution in [0.5, 0.6) is 0 Å². The minimum absolute atomic E-state index is 0.253. The molecule has 2 N–H and O–H groups in total. The highest BCUT2D eigenvalue weighted by Gasteiger charge is 2.36. The highest BCUT2D eigenvalue weighted by molar-refractivity contribution is 4.94. The first kappa shape index (κ1) is 14.9. The van der Waals surface area contributed by atoms with Crippen LogP contribution in [0.1, 0.15) is 46.5 Å². The smallest absolute Gasteiger partial charge is 0.0330 e. The number of nitrogens with two attached hydrogens (primary N) is 1. The van der Waals surface area contributed by atoms with Crippen molar-refractivity contribution < 1.29 is 0 Å². The van der Waals surface area contributed by atoms with Crippen LogP contribution in [0.3, 0.4) is 0 Å². The summed E-state index contributed by atoms with van der Waals surface area (Å²) in [5, 5.41) is 0. The molecule has 2 unspecified atom stereocenters. The molecule has 0 aromatic rings. The van der Waals surface area contributed by atoms with Gasteiger partial charge in [-0.15, -0.1) is 0 Å². The minimum Gasteiger partial charge on any atom is -0.329 e. The normalized spacial score (nSPS) is 27.0. The van der Waals surface area contributed by atoms with E-state index in [1.54, 1.807) is 0 Å². The third-order valence-electron chi connectivity index (χ3n) is 4.67. The summed E-state index contributed by atoms with van der Waals surface area (Å²) in [5.74, 6) is 0. The van der Waals surface area contributed by atoms with Crippen LogP contribution in [0.25, 0.3) is 0 Å². The van der Waals surface area contributed by atoms with Gasteiger partial charge in [0.15, 0.2) is 0 Å². The third kappa shape index (κ3) is 3.21. The van der Waals surface area contributed by atoms with E-state index in [9.17, 15) is 0 Å². The van der Waals surface area contributed by atoms with Gasteiger partial charge in [-0.3, -0.25) is 4.90 Å². The Bertz CT molecular complexity index is 214. The molecule has 1 saturated heterocycles. The van der Waals surface area contributed by atoms with Gasteiger partial charge in [-0.25, -0.2) is 0 Å². The lowest BCUT2D eigenvalue weighted by Gasteiger charge is -2.49. The number of nitrogens with zero attached hydrogens (tertiary/aromatic N) is 2. The van der Waals surface area contributed by atoms with E-state index < -0.39 is 0 Å². The molecule has 0 amide bonds. The van der Waals surface area contributed by atoms with Gasteiger partial charge in [-0.05, 0) is 26.3 Å². The maximum Gasteiger partial charge on any atom is 0.0330 e. The summed E-state index contributed by atoms with van der Waals surface area (Å²) < 4.78 is 0. The van der Waals surface area contributed by atoms with Gasteiger partial charge < -0.3 is 10.6 Å². The Balaban J connectivity index is 2.74. The zero-order valence-corrected chi connectivity index (χ0v) is 12.2. The number of hydrogen-bond acceptors (Lipinski definition) is 3. The van der Waals surface area contributed by atoms with Gasteiger partial charge in [0.05, 0.1) is 0 Å². The van der Waals surface area contributed by atoms with Crippen molar-refractivity contribution in [3.63, 3.8) is 0 Å². The van der Waals surface area contributed by atoms with Crippen molar-refractivity contribution in [1.29, 1.82) is 0 Å². The number of rotatable bonds is 6. The lowest BCUT2D eigenvalue weighted by Crippen LogP contribution is -2.62. The Morgan fingerprint density at radius 1 is 1.24 bits per heavy atom. The molecule has 0 radical (unpaired) electrons. The molecule has 1 fully saturated rings. The minimum atomic E-state index is 0.253. The van der Waals surface area contributed by atoms with Crippen LogP contribution in [-0.4, -0.2) is 54.6 Å². The van der Waals surface area contributed by atoms with Crippen LogP contribution in [0, 0.1) is 0 Å². The summed E-state index contributed by atoms with van der Waals surface area (Å²) >= 11 is 0. The zero-order chi connectivity index (χ0) is 12.9. The predicted octanol–water partition coefficient (Wildman–Crippen LogP) is 1.92. The Morgan fingerprint density at radius 3 is 2.41 bits per heavy atom. The fourth-order valence-corrected chi connectivity index (χ4v) is 3.22. The van der Waals surface area contributed by atoms with Crippen molar-refractivity contribution in [2.24, 2.45) is 5.73 Å². The second kappa shape index (κ2) is 6.72. The average Bonchev–Trinajstić information content (AvgIpc) is 2.37. The first-order valence-electron chi connectivity index (χ1n) is 7.28. The molecule has 0 bridgehead atoms. The van der Waals surface area contributed by atoms with Crippen molar-refractivity contribution in [2.45, 2.75) is 58.0 Å². The summed E-state index contributed by atoms with van der Waals surface area (Å²) in [7, 11) is 2.25. The largest absolute Gasteiger partial charge is 0.329 e. The number of hydrogen-bond donors (Lipinski definition) is 1. The van der Waals surface area contributed by atoms with Crippen LogP contribution >= 0.6 is 0 Å². The third-order valence-corrected chi connectivity index (χ3v) is 4.67. The lowest BCUT2D eigenvalue weighted by atomic mass is 9.87. The highest BCUT2D eigenvalue weighted by Crippen LogP contribution is 2.27. The SMILES string of the molecule is CCCC(CC)(CN)N1CCN(C)C(CC)C1. The number of piperazine rings is 1. The van der Waals surface area contributed by atoms with Crippen LogP contribution in [0.2, 0.25) is 0 Å². The van der Waals surface area contributed by atoms with E-state index in [0.29, 0.717) is 6.04 Å². The molecule has 0 aliphatic carbocycles. The molecule has 1 aliphatic rings. The van der Waals surface area contributed by atoms with Gasteiger partial charge >= 0.3 is 0 Å². The monoisotopic (exact) mass is 241 g/mol. The van der Waals surface area contributed by atoms with Gasteiger partial charge in [0.1, 0.15) is 0 Å². The molecule has 1 heterocycles. The maximum absolute atomic E-state index is 6.10. The molecule has 3 nitrogen and oxygen atoms in total. The molecule has 1 aliphatic heterocycles. The molecule has 0 aromatic carbocycles. The fraction of sp³-hybridized carbons (Fsp3) is 1.00. The van der Waals surface area contributed by atoms with E-state index >= 15 is 0 Å². The lowest BCUT2D eigenvalue weighted by molar-refractivity contribution is 0.00462. The molecule has 17 heavy (non-hydrogen) atoms. The van der Waals surface area contributed by atoms with Gasteiger partial charge in [-0.1, -0.05) is 27.2 Å². The summed E-state index contributed by atoms with van der Waals surface area (Å²) in [5.41, 5.74) is 6.35. The molecule has 3 heteroatoms. The van der Waals surface area contributed by atoms with Crippen molar-refractivity contribution in [1.82, 2.24) is 9.80 Å². The van der Waals surface area contributed by atoms with Crippen LogP contribution in [-0.2, 0) is 0 Å². The number of likely N-dealkylation sites (N-methyl/N-ethyl adjacent to an activating group) is 1. The van der Waals surface area contributed by atoms with Crippen molar-refractivity contribution >= 4 is 0 Å². The van der Waals surface area contributed by atoms with Crippen molar-refractivity contribution in [3.8, 4) is 0 Å². The molecule has 1 rings (SSSR count). The van der Waals surface area contributed by atoms with E-state index in [1.165, 1.54) is 45.3 Å². The predicted molar refractivity (Wildman–Crippen MR) is 75.3 cm³/mol. The molecule has 0 aromatic heterocycles. The van der Waals surface area contributed by atoms with Crippen molar-refractivity contribution in [3.05, 3.63) is 0 Å². The Labute approximate surface area is 107 Å². The van der Waals surface area contributed by atoms with E-state index in [1.807, 2.05) is 0 Å². The standard InChI is InChI=1S/C14H31N3/c1-5-8-14(7-3,12-15)17-10-9-16(4)13(6-2)11-17/h13H,5-12,15H2,1-4H3. The Hall–Kier alpha value is -0.120. The van der Waals surface area contributed by atoms with E-state index in [-0.39, 0.29) is 5.54 Å². The van der Waals surface area contributed by atoms with Crippen molar-refractivity contribution in [2.75, 3.05) is 33.2 Å². The fourth-order valence-electron chi connectivity index (χ4n) is 3.22. The van der Waals surface area contributed by atoms with Crippen LogP contribution in [0.4, 0.5) is 0 Å². The van der Waals surface area contributed by atoms with E-state index in [0.717, 1.165) is 6.54 Å². The van der Waals surface area contributed by atoms with Gasteiger partial charge in [0.2, 0.25) is 0 Å². The Morgan fingerprint density at radius 2 is 1.94 bits per heavy atom. The second-order valence-electron chi connectivity index (χ2n) is 5.52. The molecular formula is C14H31N3. The average molecular weight is 241 g/mol. The summed E-state index contributed by atoms with van der Waals surface area (Å²) in [6.07, 6.45) is 4.88. The van der Waals surface area contributed by atoms with Gasteiger partial charge in [0, 0.05) is 37.8 Å². The molecule has 0 spiro atoms. The summed E-state index contributed by atoms with van der Waals surface area (Å²) in [6, 6.07) is 0.707. The maximum atomic E-state index is 6.10.